The molecular weight excluding hydrogens is 704 g/mol. The Kier molecular flexibility index (Phi) is 9.23. The fraction of sp³-hybridized carbons (Fsp3) is 0.150. The third-order valence-electron chi connectivity index (χ3n) is 9.17. The van der Waals surface area contributed by atoms with Crippen LogP contribution in [0.2, 0.25) is 0 Å². The number of phenols is 4. The standard InChI is InChI=1S/C40H29F6NO6/c1-19-15-27(35(50)21-7-11-23(12-8-21)39(41,42)43)37(52)29(33(19)48)17-26-25-5-3-4-6-31(25)47-32(26)18-30-34(49)20(2)16-28(38(30)53)36(51)22-9-13-24(14-10-22)40(44,45)46/h3-16,47-49,52-53H,17-18H2,1-2H3. The van der Waals surface area contributed by atoms with Gasteiger partial charge in [-0.1, -0.05) is 42.5 Å². The number of ketones is 2. The van der Waals surface area contributed by atoms with Crippen LogP contribution in [0.25, 0.3) is 10.9 Å². The molecule has 0 aliphatic rings. The summed E-state index contributed by atoms with van der Waals surface area (Å²) in [4.78, 5) is 30.1. The number of para-hydroxylation sites is 1. The second kappa shape index (κ2) is 13.4. The molecular formula is C40H29F6NO6. The van der Waals surface area contributed by atoms with E-state index in [9.17, 15) is 56.4 Å². The van der Waals surface area contributed by atoms with Gasteiger partial charge in [0.1, 0.15) is 23.0 Å². The zero-order valence-corrected chi connectivity index (χ0v) is 27.9. The smallest absolute Gasteiger partial charge is 0.416 e. The largest absolute Gasteiger partial charge is 0.507 e. The minimum absolute atomic E-state index is 0.0814. The summed E-state index contributed by atoms with van der Waals surface area (Å²) in [7, 11) is 0. The van der Waals surface area contributed by atoms with Gasteiger partial charge in [0.2, 0.25) is 0 Å². The van der Waals surface area contributed by atoms with Crippen molar-refractivity contribution in [1.29, 1.82) is 0 Å². The molecule has 0 aliphatic carbocycles. The third kappa shape index (κ3) is 6.89. The lowest BCUT2D eigenvalue weighted by atomic mass is 9.90. The molecule has 0 unspecified atom stereocenters. The molecule has 6 aromatic rings. The van der Waals surface area contributed by atoms with Crippen molar-refractivity contribution in [3.8, 4) is 23.0 Å². The molecule has 0 amide bonds. The summed E-state index contributed by atoms with van der Waals surface area (Å²) in [5.41, 5.74) is -1.13. The van der Waals surface area contributed by atoms with Crippen LogP contribution in [0.3, 0.4) is 0 Å². The summed E-state index contributed by atoms with van der Waals surface area (Å²) >= 11 is 0. The molecule has 13 heteroatoms. The van der Waals surface area contributed by atoms with Crippen molar-refractivity contribution in [2.75, 3.05) is 0 Å². The second-order valence-electron chi connectivity index (χ2n) is 12.6. The van der Waals surface area contributed by atoms with Crippen LogP contribution >= 0.6 is 0 Å². The number of hydrogen-bond donors (Lipinski definition) is 5. The van der Waals surface area contributed by atoms with Crippen molar-refractivity contribution >= 4 is 22.5 Å². The van der Waals surface area contributed by atoms with Crippen LogP contribution < -0.4 is 0 Å². The van der Waals surface area contributed by atoms with Gasteiger partial charge in [-0.2, -0.15) is 26.3 Å². The van der Waals surface area contributed by atoms with Gasteiger partial charge in [0, 0.05) is 51.7 Å². The highest BCUT2D eigenvalue weighted by Gasteiger charge is 2.32. The number of rotatable bonds is 8. The lowest BCUT2D eigenvalue weighted by Gasteiger charge is -2.16. The van der Waals surface area contributed by atoms with Crippen LogP contribution in [0.1, 0.15) is 76.5 Å². The van der Waals surface area contributed by atoms with Gasteiger partial charge in [-0.05, 0) is 73.0 Å². The Hall–Kier alpha value is -6.24. The number of benzene rings is 5. The van der Waals surface area contributed by atoms with Crippen molar-refractivity contribution in [3.63, 3.8) is 0 Å². The lowest BCUT2D eigenvalue weighted by Crippen LogP contribution is -2.08. The topological polar surface area (TPSA) is 131 Å². The van der Waals surface area contributed by atoms with E-state index in [1.807, 2.05) is 0 Å². The van der Waals surface area contributed by atoms with Crippen LogP contribution in [-0.2, 0) is 25.2 Å². The van der Waals surface area contributed by atoms with Crippen LogP contribution in [-0.4, -0.2) is 37.0 Å². The number of nitrogens with one attached hydrogen (secondary N) is 1. The first kappa shape index (κ1) is 36.5. The number of H-pyrrole nitrogens is 1. The van der Waals surface area contributed by atoms with E-state index in [-0.39, 0.29) is 68.8 Å². The second-order valence-corrected chi connectivity index (χ2v) is 12.6. The van der Waals surface area contributed by atoms with Crippen molar-refractivity contribution in [3.05, 3.63) is 152 Å². The van der Waals surface area contributed by atoms with Gasteiger partial charge in [-0.25, -0.2) is 0 Å². The van der Waals surface area contributed by atoms with Crippen molar-refractivity contribution in [2.24, 2.45) is 0 Å². The highest BCUT2D eigenvalue weighted by atomic mass is 19.4. The van der Waals surface area contributed by atoms with Gasteiger partial charge in [-0.15, -0.1) is 0 Å². The van der Waals surface area contributed by atoms with Crippen LogP contribution in [0, 0.1) is 13.8 Å². The summed E-state index contributed by atoms with van der Waals surface area (Å²) in [5.74, 6) is -3.53. The molecule has 5 aromatic carbocycles. The van der Waals surface area contributed by atoms with E-state index in [1.165, 1.54) is 26.0 Å². The molecule has 5 N–H and O–H groups in total. The SMILES string of the molecule is Cc1cc(C(=O)c2ccc(C(F)(F)F)cc2)c(O)c(Cc2[nH]c3ccccc3c2Cc2c(O)c(C)cc(C(=O)c3ccc(C(F)(F)F)cc3)c2O)c1O. The predicted molar refractivity (Wildman–Crippen MR) is 183 cm³/mol. The molecule has 0 aliphatic heterocycles. The van der Waals surface area contributed by atoms with Gasteiger partial charge in [0.25, 0.3) is 0 Å². The Morgan fingerprint density at radius 3 is 1.42 bits per heavy atom. The molecule has 0 saturated heterocycles. The predicted octanol–water partition coefficient (Wildman–Crippen LogP) is 9.29. The Bertz CT molecular complexity index is 2410. The Morgan fingerprint density at radius 1 is 0.566 bits per heavy atom. The molecule has 0 bridgehead atoms. The molecule has 0 saturated carbocycles. The third-order valence-corrected chi connectivity index (χ3v) is 9.17. The molecule has 53 heavy (non-hydrogen) atoms. The maximum Gasteiger partial charge on any atom is 0.416 e. The normalized spacial score (nSPS) is 12.0. The van der Waals surface area contributed by atoms with Crippen LogP contribution in [0.5, 0.6) is 23.0 Å². The van der Waals surface area contributed by atoms with Gasteiger partial charge in [0.15, 0.2) is 11.6 Å². The Balaban J connectivity index is 1.41. The van der Waals surface area contributed by atoms with Gasteiger partial charge >= 0.3 is 12.4 Å². The zero-order chi connectivity index (χ0) is 38.6. The number of aromatic amines is 1. The molecule has 0 spiro atoms. The summed E-state index contributed by atoms with van der Waals surface area (Å²) in [6.45, 7) is 2.96. The van der Waals surface area contributed by atoms with E-state index in [0.717, 1.165) is 48.5 Å². The van der Waals surface area contributed by atoms with Crippen molar-refractivity contribution in [2.45, 2.75) is 39.0 Å². The minimum atomic E-state index is -4.63. The van der Waals surface area contributed by atoms with E-state index in [1.54, 1.807) is 24.3 Å². The van der Waals surface area contributed by atoms with E-state index in [4.69, 9.17) is 0 Å². The minimum Gasteiger partial charge on any atom is -0.507 e. The first-order valence-electron chi connectivity index (χ1n) is 16.0. The quantitative estimate of drug-likeness (QED) is 0.0783. The maximum atomic E-state index is 13.5. The van der Waals surface area contributed by atoms with Crippen LogP contribution in [0.4, 0.5) is 26.3 Å². The number of alkyl halides is 6. The number of aromatic hydroxyl groups is 4. The van der Waals surface area contributed by atoms with E-state index < -0.39 is 46.5 Å². The summed E-state index contributed by atoms with van der Waals surface area (Å²) in [6.07, 6.45) is -9.70. The number of fused-ring (bicyclic) bond motifs is 1. The van der Waals surface area contributed by atoms with Crippen molar-refractivity contribution in [1.82, 2.24) is 4.98 Å². The number of carbonyl (C=O) groups excluding carboxylic acids is 2. The number of aromatic nitrogens is 1. The number of aryl methyl sites for hydroxylation is 2. The molecule has 0 atom stereocenters. The van der Waals surface area contributed by atoms with Gasteiger partial charge in [0.05, 0.1) is 22.3 Å². The van der Waals surface area contributed by atoms with E-state index in [2.05, 4.69) is 4.98 Å². The molecule has 7 nitrogen and oxygen atoms in total. The lowest BCUT2D eigenvalue weighted by molar-refractivity contribution is -0.138. The molecule has 0 radical (unpaired) electrons. The number of hydrogen-bond acceptors (Lipinski definition) is 6. The summed E-state index contributed by atoms with van der Waals surface area (Å²) < 4.78 is 78.7. The fourth-order valence-corrected chi connectivity index (χ4v) is 6.31. The molecule has 1 heterocycles. The monoisotopic (exact) mass is 733 g/mol. The number of halogens is 6. The highest BCUT2D eigenvalue weighted by Crippen LogP contribution is 2.42. The van der Waals surface area contributed by atoms with Gasteiger partial charge in [-0.3, -0.25) is 9.59 Å². The molecule has 6 rings (SSSR count). The first-order chi connectivity index (χ1) is 24.9. The van der Waals surface area contributed by atoms with E-state index >= 15 is 0 Å². The zero-order valence-electron chi connectivity index (χ0n) is 27.9. The van der Waals surface area contributed by atoms with Crippen molar-refractivity contribution < 1.29 is 56.4 Å². The average Bonchev–Trinajstić information content (AvgIpc) is 3.46. The van der Waals surface area contributed by atoms with Crippen LogP contribution in [0.15, 0.2) is 84.9 Å². The Labute approximate surface area is 297 Å². The van der Waals surface area contributed by atoms with Gasteiger partial charge < -0.3 is 25.4 Å². The number of phenolic OH excluding ortho intramolecular Hbond substituents is 4. The Morgan fingerprint density at radius 2 is 0.981 bits per heavy atom. The van der Waals surface area contributed by atoms with E-state index in [0.29, 0.717) is 22.2 Å². The molecule has 0 fully saturated rings. The number of carbonyl (C=O) groups is 2. The molecule has 1 aromatic heterocycles. The molecule has 272 valence electrons. The fourth-order valence-electron chi connectivity index (χ4n) is 6.31. The summed E-state index contributed by atoms with van der Waals surface area (Å²) in [5, 5.41) is 45.6. The summed E-state index contributed by atoms with van der Waals surface area (Å²) in [6, 6.07) is 16.3. The highest BCUT2D eigenvalue weighted by molar-refractivity contribution is 6.12. The average molecular weight is 734 g/mol. The maximum absolute atomic E-state index is 13.5. The first-order valence-corrected chi connectivity index (χ1v) is 16.0.